The highest BCUT2D eigenvalue weighted by Gasteiger charge is 2.34. The molecule has 2 aliphatic heterocycles. The summed E-state index contributed by atoms with van der Waals surface area (Å²) in [6, 6.07) is 10.5. The molecule has 0 radical (unpaired) electrons. The van der Waals surface area contributed by atoms with Gasteiger partial charge in [0.2, 0.25) is 0 Å². The zero-order valence-electron chi connectivity index (χ0n) is 18.3. The highest BCUT2D eigenvalue weighted by molar-refractivity contribution is 7.19. The normalized spacial score (nSPS) is 17.8. The summed E-state index contributed by atoms with van der Waals surface area (Å²) < 4.78 is 11.1. The van der Waals surface area contributed by atoms with Crippen LogP contribution in [0.5, 0.6) is 0 Å². The minimum absolute atomic E-state index is 0.0687. The van der Waals surface area contributed by atoms with Crippen LogP contribution in [0.25, 0.3) is 0 Å². The SMILES string of the molecule is CC.O=C(c1ccc(Cl)s1)N(C=P)CC1CN(c2ccc(N3CCOCC3=O)cc2)C(=O)O1. The molecule has 0 bridgehead atoms. The maximum Gasteiger partial charge on any atom is 0.414 e. The van der Waals surface area contributed by atoms with Crippen LogP contribution in [0.4, 0.5) is 16.2 Å². The zero-order chi connectivity index (χ0) is 24.0. The van der Waals surface area contributed by atoms with Gasteiger partial charge in [-0.3, -0.25) is 14.5 Å². The molecule has 11 heteroatoms. The molecule has 3 heterocycles. The van der Waals surface area contributed by atoms with Crippen molar-refractivity contribution in [2.75, 3.05) is 42.6 Å². The number of hydrogen-bond acceptors (Lipinski definition) is 6. The van der Waals surface area contributed by atoms with Crippen molar-refractivity contribution in [3.05, 3.63) is 45.6 Å². The maximum atomic E-state index is 12.6. The summed E-state index contributed by atoms with van der Waals surface area (Å²) in [6.07, 6.45) is -0.985. The van der Waals surface area contributed by atoms with E-state index in [1.54, 1.807) is 41.3 Å². The Balaban J connectivity index is 0.00000149. The minimum Gasteiger partial charge on any atom is -0.442 e. The Kier molecular flexibility index (Phi) is 8.86. The lowest BCUT2D eigenvalue weighted by Crippen LogP contribution is -2.41. The molecule has 0 spiro atoms. The van der Waals surface area contributed by atoms with Crippen molar-refractivity contribution >= 4 is 67.0 Å². The Morgan fingerprint density at radius 2 is 1.85 bits per heavy atom. The number of nitrogens with zero attached hydrogens (tertiary/aromatic N) is 3. The van der Waals surface area contributed by atoms with Gasteiger partial charge in [-0.1, -0.05) is 25.4 Å². The number of carbonyl (C=O) groups is 3. The summed E-state index contributed by atoms with van der Waals surface area (Å²) in [6.45, 7) is 5.54. The Bertz CT molecular complexity index is 1020. The monoisotopic (exact) mass is 509 g/mol. The standard InChI is InChI=1S/C20H19ClN3O5PS.C2H6/c21-17-6-5-16(31-17)19(26)22(12-30)9-15-10-24(20(27)29-15)14-3-1-13(2-4-14)23-7-8-28-11-18(23)25;1-2/h1-6,12,15,30H,7-11H2;1-2H3. The summed E-state index contributed by atoms with van der Waals surface area (Å²) in [5.74, 6) is 1.14. The van der Waals surface area contributed by atoms with E-state index in [9.17, 15) is 14.4 Å². The predicted molar refractivity (Wildman–Crippen MR) is 133 cm³/mol. The minimum atomic E-state index is -0.500. The van der Waals surface area contributed by atoms with Crippen molar-refractivity contribution in [2.45, 2.75) is 20.0 Å². The lowest BCUT2D eigenvalue weighted by molar-refractivity contribution is -0.125. The first-order chi connectivity index (χ1) is 16.0. The van der Waals surface area contributed by atoms with Gasteiger partial charge in [0.05, 0.1) is 28.9 Å². The Morgan fingerprint density at radius 1 is 1.18 bits per heavy atom. The first-order valence-electron chi connectivity index (χ1n) is 10.5. The van der Waals surface area contributed by atoms with Crippen LogP contribution in [0, 0.1) is 0 Å². The molecule has 2 aromatic rings. The molecular formula is C22H25ClN3O5PS. The first-order valence-corrected chi connectivity index (χ1v) is 12.3. The third-order valence-corrected chi connectivity index (χ3v) is 6.46. The largest absolute Gasteiger partial charge is 0.442 e. The third-order valence-electron chi connectivity index (χ3n) is 4.93. The van der Waals surface area contributed by atoms with E-state index < -0.39 is 12.2 Å². The molecular weight excluding hydrogens is 485 g/mol. The second-order valence-corrected chi connectivity index (χ2v) is 8.89. The number of hydrogen-bond donors (Lipinski definition) is 0. The zero-order valence-corrected chi connectivity index (χ0v) is 20.9. The molecule has 0 aliphatic carbocycles. The fraction of sp³-hybridized carbons (Fsp3) is 0.364. The van der Waals surface area contributed by atoms with Gasteiger partial charge in [0.1, 0.15) is 12.7 Å². The number of morpholine rings is 1. The molecule has 1 aromatic heterocycles. The Hall–Kier alpha value is -2.45. The van der Waals surface area contributed by atoms with Gasteiger partial charge in [-0.2, -0.15) is 0 Å². The van der Waals surface area contributed by atoms with Gasteiger partial charge in [0, 0.05) is 23.8 Å². The summed E-state index contributed by atoms with van der Waals surface area (Å²) >= 11 is 7.11. The summed E-state index contributed by atoms with van der Waals surface area (Å²) in [5.41, 5.74) is 1.41. The van der Waals surface area contributed by atoms with Crippen molar-refractivity contribution in [3.63, 3.8) is 0 Å². The number of anilines is 2. The average Bonchev–Trinajstić information content (AvgIpc) is 3.44. The molecule has 3 amide bonds. The molecule has 0 N–H and O–H groups in total. The number of carbonyl (C=O) groups excluding carboxylic acids is 3. The summed E-state index contributed by atoms with van der Waals surface area (Å²) in [5, 5.41) is 0. The van der Waals surface area contributed by atoms with Crippen LogP contribution in [0.1, 0.15) is 23.5 Å². The molecule has 8 nitrogen and oxygen atoms in total. The molecule has 1 aromatic carbocycles. The Morgan fingerprint density at radius 3 is 2.42 bits per heavy atom. The number of ether oxygens (including phenoxy) is 2. The smallest absolute Gasteiger partial charge is 0.414 e. The van der Waals surface area contributed by atoms with Crippen LogP contribution in [0.2, 0.25) is 4.34 Å². The number of cyclic esters (lactones) is 1. The van der Waals surface area contributed by atoms with Gasteiger partial charge in [0.15, 0.2) is 0 Å². The maximum absolute atomic E-state index is 12.6. The van der Waals surface area contributed by atoms with Crippen molar-refractivity contribution < 1.29 is 23.9 Å². The van der Waals surface area contributed by atoms with Gasteiger partial charge in [-0.05, 0) is 36.4 Å². The van der Waals surface area contributed by atoms with Gasteiger partial charge >= 0.3 is 6.09 Å². The molecule has 2 aliphatic rings. The van der Waals surface area contributed by atoms with E-state index in [1.165, 1.54) is 27.1 Å². The summed E-state index contributed by atoms with van der Waals surface area (Å²) in [4.78, 5) is 42.2. The van der Waals surface area contributed by atoms with Gasteiger partial charge < -0.3 is 19.3 Å². The number of benzene rings is 1. The quantitative estimate of drug-likeness (QED) is 0.546. The van der Waals surface area contributed by atoms with E-state index in [4.69, 9.17) is 21.1 Å². The van der Waals surface area contributed by atoms with Gasteiger partial charge in [0.25, 0.3) is 11.8 Å². The molecule has 1 unspecified atom stereocenters. The van der Waals surface area contributed by atoms with Crippen molar-refractivity contribution in [3.8, 4) is 0 Å². The fourth-order valence-corrected chi connectivity index (χ4v) is 4.64. The van der Waals surface area contributed by atoms with Crippen molar-refractivity contribution in [1.29, 1.82) is 0 Å². The molecule has 33 heavy (non-hydrogen) atoms. The van der Waals surface area contributed by atoms with Crippen LogP contribution < -0.4 is 9.80 Å². The number of halogens is 1. The molecule has 0 saturated carbocycles. The Labute approximate surface area is 203 Å². The third kappa shape index (κ3) is 5.92. The van der Waals surface area contributed by atoms with Crippen LogP contribution in [0.15, 0.2) is 36.4 Å². The summed E-state index contributed by atoms with van der Waals surface area (Å²) in [7, 11) is 3.26. The highest BCUT2D eigenvalue weighted by Crippen LogP contribution is 2.27. The number of thiophene rings is 1. The van der Waals surface area contributed by atoms with Crippen molar-refractivity contribution in [2.24, 2.45) is 0 Å². The second kappa shape index (κ2) is 11.6. The van der Waals surface area contributed by atoms with Gasteiger partial charge in [-0.15, -0.1) is 20.2 Å². The van der Waals surface area contributed by atoms with Crippen LogP contribution in [-0.2, 0) is 14.3 Å². The molecule has 1 atom stereocenters. The topological polar surface area (TPSA) is 79.4 Å². The van der Waals surface area contributed by atoms with Crippen LogP contribution in [-0.4, -0.2) is 67.7 Å². The van der Waals surface area contributed by atoms with E-state index >= 15 is 0 Å². The van der Waals surface area contributed by atoms with Gasteiger partial charge in [-0.25, -0.2) is 4.79 Å². The molecule has 176 valence electrons. The lowest BCUT2D eigenvalue weighted by atomic mass is 10.2. The molecule has 4 rings (SSSR count). The lowest BCUT2D eigenvalue weighted by Gasteiger charge is -2.27. The van der Waals surface area contributed by atoms with Crippen LogP contribution >= 0.6 is 31.8 Å². The molecule has 2 fully saturated rings. The van der Waals surface area contributed by atoms with E-state index in [0.717, 1.165) is 5.69 Å². The first kappa shape index (κ1) is 25.2. The van der Waals surface area contributed by atoms with E-state index in [0.29, 0.717) is 34.6 Å². The van der Waals surface area contributed by atoms with E-state index in [2.05, 4.69) is 8.86 Å². The predicted octanol–water partition coefficient (Wildman–Crippen LogP) is 4.16. The number of amides is 3. The molecule has 2 saturated heterocycles. The van der Waals surface area contributed by atoms with Crippen molar-refractivity contribution in [1.82, 2.24) is 4.90 Å². The second-order valence-electron chi connectivity index (χ2n) is 6.92. The van der Waals surface area contributed by atoms with E-state index in [1.807, 2.05) is 13.8 Å². The fourth-order valence-electron chi connectivity index (χ4n) is 3.42. The average molecular weight is 510 g/mol. The van der Waals surface area contributed by atoms with Crippen LogP contribution in [0.3, 0.4) is 0 Å². The highest BCUT2D eigenvalue weighted by atomic mass is 35.5. The van der Waals surface area contributed by atoms with E-state index in [-0.39, 0.29) is 25.0 Å². The number of rotatable bonds is 6.